The van der Waals surface area contributed by atoms with E-state index in [4.69, 9.17) is 14.2 Å². The Morgan fingerprint density at radius 2 is 0.915 bits per heavy atom. The zero-order chi connectivity index (χ0) is 51.7. The van der Waals surface area contributed by atoms with E-state index in [1.54, 1.807) is 6.08 Å². The first-order chi connectivity index (χ1) is 34.7. The molecule has 0 spiro atoms. The highest BCUT2D eigenvalue weighted by atomic mass is 16.7. The Labute approximate surface area is 434 Å². The highest BCUT2D eigenvalue weighted by Crippen LogP contribution is 2.23. The number of aliphatic hydroxyl groups excluding tert-OH is 5. The zero-order valence-corrected chi connectivity index (χ0v) is 45.7. The molecule has 1 amide bonds. The van der Waals surface area contributed by atoms with E-state index in [1.807, 2.05) is 6.08 Å². The molecule has 0 aliphatic carbocycles. The second-order valence-electron chi connectivity index (χ2n) is 20.7. The topological polar surface area (TPSA) is 175 Å². The van der Waals surface area contributed by atoms with Gasteiger partial charge < -0.3 is 45.1 Å². The number of carbonyl (C=O) groups excluding carboxylic acids is 2. The number of amides is 1. The van der Waals surface area contributed by atoms with Crippen LogP contribution < -0.4 is 5.32 Å². The predicted octanol–water partition coefficient (Wildman–Crippen LogP) is 13.5. The third-order valence-electron chi connectivity index (χ3n) is 14.0. The summed E-state index contributed by atoms with van der Waals surface area (Å²) < 4.78 is 16.7. The van der Waals surface area contributed by atoms with Crippen LogP contribution in [0.15, 0.2) is 36.5 Å². The minimum Gasteiger partial charge on any atom is -0.466 e. The number of aliphatic hydroxyl groups is 5. The van der Waals surface area contributed by atoms with Gasteiger partial charge in [0.2, 0.25) is 5.91 Å². The molecule has 0 bridgehead atoms. The van der Waals surface area contributed by atoms with Gasteiger partial charge in [-0.1, -0.05) is 224 Å². The molecule has 11 heteroatoms. The van der Waals surface area contributed by atoms with Crippen molar-refractivity contribution in [2.75, 3.05) is 19.8 Å². The van der Waals surface area contributed by atoms with Crippen LogP contribution in [-0.4, -0.2) is 100 Å². The van der Waals surface area contributed by atoms with Crippen LogP contribution in [0.25, 0.3) is 0 Å². The van der Waals surface area contributed by atoms with Gasteiger partial charge in [0.1, 0.15) is 24.4 Å². The molecule has 11 nitrogen and oxygen atoms in total. The van der Waals surface area contributed by atoms with Crippen molar-refractivity contribution in [2.24, 2.45) is 0 Å². The number of nitrogens with one attached hydrogen (secondary N) is 1. The fourth-order valence-electron chi connectivity index (χ4n) is 9.21. The van der Waals surface area contributed by atoms with E-state index in [9.17, 15) is 35.1 Å². The molecule has 1 aliphatic heterocycles. The van der Waals surface area contributed by atoms with Crippen LogP contribution in [0, 0.1) is 0 Å². The Balaban J connectivity index is 2.14. The number of hydrogen-bond acceptors (Lipinski definition) is 10. The summed E-state index contributed by atoms with van der Waals surface area (Å²) in [6.45, 7) is 4.30. The molecule has 1 fully saturated rings. The van der Waals surface area contributed by atoms with E-state index in [0.29, 0.717) is 19.4 Å². The minimum atomic E-state index is -1.58. The number of ether oxygens (including phenoxy) is 3. The first-order valence-corrected chi connectivity index (χ1v) is 29.8. The summed E-state index contributed by atoms with van der Waals surface area (Å²) in [5, 5.41) is 54.4. The van der Waals surface area contributed by atoms with E-state index in [2.05, 4.69) is 43.5 Å². The van der Waals surface area contributed by atoms with E-state index >= 15 is 0 Å². The average molecular weight is 1010 g/mol. The van der Waals surface area contributed by atoms with Crippen LogP contribution in [0.5, 0.6) is 0 Å². The lowest BCUT2D eigenvalue weighted by Crippen LogP contribution is -2.60. The van der Waals surface area contributed by atoms with Crippen LogP contribution in [-0.2, 0) is 23.8 Å². The Hall–Kier alpha value is -2.12. The van der Waals surface area contributed by atoms with Crippen LogP contribution in [0.4, 0.5) is 0 Å². The van der Waals surface area contributed by atoms with Crippen molar-refractivity contribution in [1.29, 1.82) is 0 Å². The van der Waals surface area contributed by atoms with E-state index < -0.39 is 49.5 Å². The van der Waals surface area contributed by atoms with Gasteiger partial charge >= 0.3 is 5.97 Å². The van der Waals surface area contributed by atoms with Crippen molar-refractivity contribution in [3.63, 3.8) is 0 Å². The van der Waals surface area contributed by atoms with Gasteiger partial charge in [0.25, 0.3) is 0 Å². The zero-order valence-electron chi connectivity index (χ0n) is 45.7. The van der Waals surface area contributed by atoms with Gasteiger partial charge in [0, 0.05) is 12.8 Å². The maximum Gasteiger partial charge on any atom is 0.305 e. The molecule has 7 unspecified atom stereocenters. The standard InChI is InChI=1S/C60H111NO10/c1-3-5-7-9-11-13-15-16-23-27-30-34-38-42-46-53(63)52(51-70-60-59(68)58(67)57(66)54(50-62)71-60)61-55(64)47-43-39-35-31-28-24-21-19-17-18-20-22-25-29-33-37-41-45-49-69-56(65)48-44-40-36-32-26-14-12-10-8-6-4-2/h19,21,27,30,42,46,52-54,57-60,62-63,66-68H,3-18,20,22-26,28-29,31-41,43-45,47-51H2,1-2H3,(H,61,64)/b21-19-,30-27+,46-42+. The third-order valence-corrected chi connectivity index (χ3v) is 14.0. The largest absolute Gasteiger partial charge is 0.466 e. The lowest BCUT2D eigenvalue weighted by atomic mass is 9.99. The number of allylic oxidation sites excluding steroid dienone is 5. The molecule has 1 aliphatic rings. The molecule has 1 saturated heterocycles. The summed E-state index contributed by atoms with van der Waals surface area (Å²) >= 11 is 0. The van der Waals surface area contributed by atoms with Crippen molar-refractivity contribution in [3.05, 3.63) is 36.5 Å². The van der Waals surface area contributed by atoms with Gasteiger partial charge in [-0.3, -0.25) is 9.59 Å². The van der Waals surface area contributed by atoms with E-state index in [0.717, 1.165) is 89.9 Å². The van der Waals surface area contributed by atoms with Gasteiger partial charge in [-0.15, -0.1) is 0 Å². The van der Waals surface area contributed by atoms with Crippen molar-refractivity contribution < 1.29 is 49.3 Å². The minimum absolute atomic E-state index is 0.0139. The molecule has 0 saturated carbocycles. The van der Waals surface area contributed by atoms with Crippen LogP contribution in [0.1, 0.15) is 271 Å². The van der Waals surface area contributed by atoms with Gasteiger partial charge in [-0.2, -0.15) is 0 Å². The second-order valence-corrected chi connectivity index (χ2v) is 20.7. The first kappa shape index (κ1) is 66.9. The van der Waals surface area contributed by atoms with Crippen molar-refractivity contribution in [1.82, 2.24) is 5.32 Å². The highest BCUT2D eigenvalue weighted by Gasteiger charge is 2.44. The number of carbonyl (C=O) groups is 2. The summed E-state index contributed by atoms with van der Waals surface area (Å²) in [4.78, 5) is 25.0. The van der Waals surface area contributed by atoms with Gasteiger partial charge in [-0.25, -0.2) is 0 Å². The Bertz CT molecular complexity index is 1280. The van der Waals surface area contributed by atoms with Crippen LogP contribution >= 0.6 is 0 Å². The third kappa shape index (κ3) is 39.9. The molecule has 0 radical (unpaired) electrons. The fraction of sp³-hybridized carbons (Fsp3) is 0.867. The maximum atomic E-state index is 13.0. The van der Waals surface area contributed by atoms with Crippen molar-refractivity contribution >= 4 is 11.9 Å². The fourth-order valence-corrected chi connectivity index (χ4v) is 9.21. The molecule has 1 rings (SSSR count). The molecule has 0 aromatic heterocycles. The predicted molar refractivity (Wildman–Crippen MR) is 292 cm³/mol. The molecule has 6 N–H and O–H groups in total. The van der Waals surface area contributed by atoms with Crippen molar-refractivity contribution in [3.8, 4) is 0 Å². The number of rotatable bonds is 51. The number of hydrogen-bond donors (Lipinski definition) is 6. The van der Waals surface area contributed by atoms with Crippen LogP contribution in [0.3, 0.4) is 0 Å². The molecule has 7 atom stereocenters. The summed E-state index contributed by atoms with van der Waals surface area (Å²) in [6, 6.07) is -0.837. The molecule has 1 heterocycles. The normalized spacial score (nSPS) is 19.3. The number of unbranched alkanes of at least 4 members (excludes halogenated alkanes) is 33. The lowest BCUT2D eigenvalue weighted by molar-refractivity contribution is -0.302. The van der Waals surface area contributed by atoms with Gasteiger partial charge in [0.15, 0.2) is 6.29 Å². The smallest absolute Gasteiger partial charge is 0.305 e. The first-order valence-electron chi connectivity index (χ1n) is 29.8. The Morgan fingerprint density at radius 1 is 0.507 bits per heavy atom. The van der Waals surface area contributed by atoms with Gasteiger partial charge in [0.05, 0.1) is 32.0 Å². The summed E-state index contributed by atoms with van der Waals surface area (Å²) in [5.41, 5.74) is 0. The average Bonchev–Trinajstić information content (AvgIpc) is 3.37. The lowest BCUT2D eigenvalue weighted by Gasteiger charge is -2.40. The maximum absolute atomic E-state index is 13.0. The molecule has 416 valence electrons. The Kier molecular flexibility index (Phi) is 47.2. The molecular weight excluding hydrogens is 895 g/mol. The summed E-state index contributed by atoms with van der Waals surface area (Å²) in [7, 11) is 0. The summed E-state index contributed by atoms with van der Waals surface area (Å²) in [5.74, 6) is -0.220. The molecular formula is C60H111NO10. The summed E-state index contributed by atoms with van der Waals surface area (Å²) in [6.07, 6.45) is 50.8. The second kappa shape index (κ2) is 50.1. The molecule has 0 aromatic rings. The quantitative estimate of drug-likeness (QED) is 0.0195. The van der Waals surface area contributed by atoms with E-state index in [-0.39, 0.29) is 18.5 Å². The molecule has 71 heavy (non-hydrogen) atoms. The van der Waals surface area contributed by atoms with Crippen molar-refractivity contribution in [2.45, 2.75) is 314 Å². The van der Waals surface area contributed by atoms with Gasteiger partial charge in [-0.05, 0) is 70.6 Å². The van der Waals surface area contributed by atoms with Crippen LogP contribution in [0.2, 0.25) is 0 Å². The van der Waals surface area contributed by atoms with E-state index in [1.165, 1.54) is 154 Å². The molecule has 0 aromatic carbocycles. The number of esters is 1. The monoisotopic (exact) mass is 1010 g/mol. The Morgan fingerprint density at radius 3 is 1.39 bits per heavy atom. The SMILES string of the molecule is CCCCCCCCCC/C=C/CC/C=C/C(O)C(COC1OC(CO)C(O)C(O)C1O)NC(=O)CCCCCCC/C=C\CCCCCCCCCCCOC(=O)CCCCCCCCCCCCC. The highest BCUT2D eigenvalue weighted by molar-refractivity contribution is 5.76.